The first-order valence-electron chi connectivity index (χ1n) is 11.3. The number of hydrogen-bond donors (Lipinski definition) is 3. The number of aliphatic hydroxyl groups excluding tert-OH is 1. The molecule has 1 aromatic carbocycles. The topological polar surface area (TPSA) is 112 Å². The molecule has 3 N–H and O–H groups in total. The van der Waals surface area contributed by atoms with E-state index in [4.69, 9.17) is 11.6 Å². The zero-order valence-electron chi connectivity index (χ0n) is 19.1. The second-order valence-corrected chi connectivity index (χ2v) is 10.4. The Morgan fingerprint density at radius 2 is 2.00 bits per heavy atom. The van der Waals surface area contributed by atoms with Crippen molar-refractivity contribution in [3.05, 3.63) is 62.0 Å². The molecule has 2 amide bonds. The fraction of sp³-hybridized carbons (Fsp3) is 0.458. The van der Waals surface area contributed by atoms with E-state index in [1.54, 1.807) is 9.47 Å². The minimum absolute atomic E-state index is 0.0802. The molecule has 2 aliphatic carbocycles. The third-order valence-corrected chi connectivity index (χ3v) is 8.16. The van der Waals surface area contributed by atoms with Gasteiger partial charge in [-0.05, 0) is 30.2 Å². The number of amides is 2. The molecule has 1 aliphatic heterocycles. The van der Waals surface area contributed by atoms with Gasteiger partial charge in [0.15, 0.2) is 11.4 Å². The molecule has 35 heavy (non-hydrogen) atoms. The summed E-state index contributed by atoms with van der Waals surface area (Å²) in [6.45, 7) is 3.90. The molecule has 2 heterocycles. The molecule has 11 heteroatoms. The summed E-state index contributed by atoms with van der Waals surface area (Å²) in [4.78, 5) is 40.8. The lowest BCUT2D eigenvalue weighted by Gasteiger charge is -2.59. The van der Waals surface area contributed by atoms with Gasteiger partial charge in [0.05, 0.1) is 11.6 Å². The van der Waals surface area contributed by atoms with Crippen LogP contribution >= 0.6 is 11.6 Å². The largest absolute Gasteiger partial charge is 0.503 e. The molecule has 0 bridgehead atoms. The Morgan fingerprint density at radius 1 is 1.29 bits per heavy atom. The van der Waals surface area contributed by atoms with E-state index in [0.29, 0.717) is 12.8 Å². The highest BCUT2D eigenvalue weighted by Gasteiger charge is 2.82. The second kappa shape index (κ2) is 7.76. The first kappa shape index (κ1) is 23.7. The molecule has 2 aromatic rings. The number of nitrogens with one attached hydrogen (secondary N) is 1. The second-order valence-electron chi connectivity index (χ2n) is 10.0. The van der Waals surface area contributed by atoms with Gasteiger partial charge >= 0.3 is 0 Å². The zero-order chi connectivity index (χ0) is 25.4. The van der Waals surface area contributed by atoms with Crippen molar-refractivity contribution in [2.75, 3.05) is 13.2 Å². The van der Waals surface area contributed by atoms with Crippen molar-refractivity contribution in [2.45, 2.75) is 44.8 Å². The number of nitrogens with zero attached hydrogens (tertiary/aromatic N) is 2. The number of carbonyl (C=O) groups is 2. The van der Waals surface area contributed by atoms with Crippen LogP contribution in [0.25, 0.3) is 0 Å². The summed E-state index contributed by atoms with van der Waals surface area (Å²) in [5.74, 6) is -4.01. The van der Waals surface area contributed by atoms with Crippen LogP contribution in [0.1, 0.15) is 53.1 Å². The van der Waals surface area contributed by atoms with Crippen molar-refractivity contribution >= 4 is 23.4 Å². The standard InChI is InChI=1S/C24H24ClF2N3O5/c1-23(2)14-8-24(14)22(23)29(6-3-7-31)21(35)17-19(33)18(32)12(10-30(17)24)20(34)28-9-11-4-5-13(26)15(25)16(11)27/h4-5,10,14,22,31,33H,3,6-9H2,1-2H3,(H,28,34). The SMILES string of the molecule is CC1(C)C2CC23C1N(CCCO)C(=O)c1c(O)c(=O)c(C(=O)NCc2ccc(F)c(Cl)c2F)cn13. The summed E-state index contributed by atoms with van der Waals surface area (Å²) in [7, 11) is 0. The third-order valence-electron chi connectivity index (χ3n) is 7.81. The van der Waals surface area contributed by atoms with Crippen LogP contribution in [0.2, 0.25) is 5.02 Å². The van der Waals surface area contributed by atoms with Gasteiger partial charge in [-0.25, -0.2) is 8.78 Å². The fourth-order valence-electron chi connectivity index (χ4n) is 6.28. The minimum atomic E-state index is -1.02. The molecule has 3 aliphatic rings. The van der Waals surface area contributed by atoms with Gasteiger partial charge in [-0.15, -0.1) is 0 Å². The Balaban J connectivity index is 1.51. The van der Waals surface area contributed by atoms with E-state index in [1.165, 1.54) is 6.20 Å². The molecule has 3 unspecified atom stereocenters. The van der Waals surface area contributed by atoms with E-state index in [2.05, 4.69) is 19.2 Å². The molecule has 2 fully saturated rings. The number of aromatic nitrogens is 1. The number of benzene rings is 1. The monoisotopic (exact) mass is 507 g/mol. The summed E-state index contributed by atoms with van der Waals surface area (Å²) in [5, 5.41) is 21.7. The summed E-state index contributed by atoms with van der Waals surface area (Å²) in [5.41, 5.74) is -2.42. The first-order chi connectivity index (χ1) is 16.5. The van der Waals surface area contributed by atoms with Gasteiger partial charge in [-0.2, -0.15) is 0 Å². The van der Waals surface area contributed by atoms with E-state index in [-0.39, 0.29) is 53.9 Å². The van der Waals surface area contributed by atoms with Crippen molar-refractivity contribution in [3.63, 3.8) is 0 Å². The average molecular weight is 508 g/mol. The number of fused-ring (bicyclic) bond motifs is 1. The molecule has 1 aromatic heterocycles. The van der Waals surface area contributed by atoms with E-state index in [9.17, 15) is 33.4 Å². The molecule has 1 spiro atoms. The van der Waals surface area contributed by atoms with Gasteiger partial charge in [0.1, 0.15) is 22.2 Å². The molecule has 3 atom stereocenters. The molecule has 5 rings (SSSR count). The van der Waals surface area contributed by atoms with Crippen LogP contribution in [0.4, 0.5) is 8.78 Å². The van der Waals surface area contributed by atoms with E-state index in [1.807, 2.05) is 0 Å². The first-order valence-corrected chi connectivity index (χ1v) is 11.7. The summed E-state index contributed by atoms with van der Waals surface area (Å²) in [6.07, 6.45) is 2.36. The molecular formula is C24H24ClF2N3O5. The number of hydrogen-bond acceptors (Lipinski definition) is 5. The van der Waals surface area contributed by atoms with Crippen LogP contribution in [0.15, 0.2) is 23.1 Å². The minimum Gasteiger partial charge on any atom is -0.503 e. The predicted molar refractivity (Wildman–Crippen MR) is 121 cm³/mol. The summed E-state index contributed by atoms with van der Waals surface area (Å²) < 4.78 is 29.2. The number of pyridine rings is 1. The molecule has 0 radical (unpaired) electrons. The van der Waals surface area contributed by atoms with E-state index < -0.39 is 45.2 Å². The highest BCUT2D eigenvalue weighted by atomic mass is 35.5. The maximum Gasteiger partial charge on any atom is 0.274 e. The van der Waals surface area contributed by atoms with Gasteiger partial charge < -0.3 is 25.0 Å². The van der Waals surface area contributed by atoms with Crippen LogP contribution in [-0.2, 0) is 12.1 Å². The summed E-state index contributed by atoms with van der Waals surface area (Å²) >= 11 is 5.58. The Morgan fingerprint density at radius 3 is 2.66 bits per heavy atom. The Hall–Kier alpha value is -2.98. The lowest BCUT2D eigenvalue weighted by Crippen LogP contribution is -2.69. The van der Waals surface area contributed by atoms with Crippen LogP contribution in [0.5, 0.6) is 5.75 Å². The quantitative estimate of drug-likeness (QED) is 0.520. The number of halogens is 3. The van der Waals surface area contributed by atoms with Gasteiger partial charge in [0, 0.05) is 31.5 Å². The van der Waals surface area contributed by atoms with Crippen molar-refractivity contribution in [3.8, 4) is 5.75 Å². The lowest BCUT2D eigenvalue weighted by molar-refractivity contribution is -0.0627. The number of rotatable bonds is 6. The summed E-state index contributed by atoms with van der Waals surface area (Å²) in [6, 6.07) is 1.87. The van der Waals surface area contributed by atoms with Crippen molar-refractivity contribution in [2.24, 2.45) is 11.3 Å². The van der Waals surface area contributed by atoms with Crippen LogP contribution in [0.3, 0.4) is 0 Å². The van der Waals surface area contributed by atoms with E-state index >= 15 is 0 Å². The van der Waals surface area contributed by atoms with Gasteiger partial charge in [-0.1, -0.05) is 31.5 Å². The highest BCUT2D eigenvalue weighted by Crippen LogP contribution is 2.77. The number of aliphatic hydroxyl groups is 1. The van der Waals surface area contributed by atoms with Gasteiger partial charge in [-0.3, -0.25) is 14.4 Å². The normalized spacial score (nSPS) is 25.3. The Kier molecular flexibility index (Phi) is 5.27. The molecule has 0 saturated heterocycles. The molecule has 186 valence electrons. The predicted octanol–water partition coefficient (Wildman–Crippen LogP) is 2.38. The molecular weight excluding hydrogens is 484 g/mol. The van der Waals surface area contributed by atoms with Crippen molar-refractivity contribution in [1.82, 2.24) is 14.8 Å². The van der Waals surface area contributed by atoms with Crippen LogP contribution in [-0.4, -0.2) is 50.7 Å². The van der Waals surface area contributed by atoms with Crippen molar-refractivity contribution < 1.29 is 28.6 Å². The Bertz CT molecular complexity index is 1340. The Labute approximate surface area is 204 Å². The fourth-order valence-corrected chi connectivity index (χ4v) is 6.46. The van der Waals surface area contributed by atoms with E-state index in [0.717, 1.165) is 12.1 Å². The maximum absolute atomic E-state index is 14.2. The van der Waals surface area contributed by atoms with Crippen LogP contribution < -0.4 is 10.7 Å². The molecule has 8 nitrogen and oxygen atoms in total. The molecule has 2 saturated carbocycles. The third kappa shape index (κ3) is 3.09. The average Bonchev–Trinajstić information content (AvgIpc) is 3.52. The number of carbonyl (C=O) groups excluding carboxylic acids is 2. The lowest BCUT2D eigenvalue weighted by atomic mass is 9.61. The maximum atomic E-state index is 14.2. The number of aromatic hydroxyl groups is 1. The highest BCUT2D eigenvalue weighted by molar-refractivity contribution is 6.30. The smallest absolute Gasteiger partial charge is 0.274 e. The van der Waals surface area contributed by atoms with Gasteiger partial charge in [0.25, 0.3) is 11.8 Å². The van der Waals surface area contributed by atoms with Crippen molar-refractivity contribution in [1.29, 1.82) is 0 Å². The van der Waals surface area contributed by atoms with Crippen LogP contribution in [0, 0.1) is 23.0 Å². The van der Waals surface area contributed by atoms with Gasteiger partial charge in [0.2, 0.25) is 5.43 Å². The zero-order valence-corrected chi connectivity index (χ0v) is 19.8.